The number of benzene rings is 1. The standard InChI is InChI=1S/C22H30ClN3O3/c1-14(2)20(25-21(28)15-7-4-3-5-8-15)22(29)24-16-10-11-18(17(23)13-16)26-12-6-9-19(26)27/h10-11,13-15,20H,3-9,12H2,1-2H3,(H,24,29)(H,25,28). The highest BCUT2D eigenvalue weighted by molar-refractivity contribution is 6.34. The van der Waals surface area contributed by atoms with E-state index in [-0.39, 0.29) is 29.6 Å². The van der Waals surface area contributed by atoms with Gasteiger partial charge in [-0.15, -0.1) is 0 Å². The van der Waals surface area contributed by atoms with E-state index in [1.165, 1.54) is 6.42 Å². The zero-order valence-electron chi connectivity index (χ0n) is 17.2. The highest BCUT2D eigenvalue weighted by Crippen LogP contribution is 2.32. The molecule has 1 unspecified atom stereocenters. The van der Waals surface area contributed by atoms with E-state index in [0.717, 1.165) is 32.1 Å². The average molecular weight is 420 g/mol. The Bertz CT molecular complexity index is 775. The van der Waals surface area contributed by atoms with Crippen LogP contribution in [0.25, 0.3) is 0 Å². The third kappa shape index (κ3) is 5.30. The molecule has 29 heavy (non-hydrogen) atoms. The molecule has 2 N–H and O–H groups in total. The van der Waals surface area contributed by atoms with Crippen molar-refractivity contribution in [2.75, 3.05) is 16.8 Å². The van der Waals surface area contributed by atoms with Gasteiger partial charge in [-0.1, -0.05) is 44.7 Å². The summed E-state index contributed by atoms with van der Waals surface area (Å²) in [4.78, 5) is 39.1. The second-order valence-corrected chi connectivity index (χ2v) is 8.78. The number of nitrogens with one attached hydrogen (secondary N) is 2. The van der Waals surface area contributed by atoms with Crippen LogP contribution in [0.4, 0.5) is 11.4 Å². The van der Waals surface area contributed by atoms with Crippen molar-refractivity contribution < 1.29 is 14.4 Å². The summed E-state index contributed by atoms with van der Waals surface area (Å²) in [6, 6.07) is 4.54. The number of rotatable bonds is 6. The van der Waals surface area contributed by atoms with Crippen LogP contribution in [0.2, 0.25) is 5.02 Å². The summed E-state index contributed by atoms with van der Waals surface area (Å²) in [6.07, 6.45) is 6.46. The maximum absolute atomic E-state index is 12.8. The van der Waals surface area contributed by atoms with Crippen molar-refractivity contribution in [3.05, 3.63) is 23.2 Å². The minimum atomic E-state index is -0.608. The van der Waals surface area contributed by atoms with Crippen LogP contribution in [0.1, 0.15) is 58.8 Å². The third-order valence-corrected chi connectivity index (χ3v) is 6.11. The van der Waals surface area contributed by atoms with E-state index in [4.69, 9.17) is 11.6 Å². The van der Waals surface area contributed by atoms with E-state index < -0.39 is 6.04 Å². The first-order valence-corrected chi connectivity index (χ1v) is 11.0. The van der Waals surface area contributed by atoms with Crippen LogP contribution in [0, 0.1) is 11.8 Å². The normalized spacial score (nSPS) is 18.8. The van der Waals surface area contributed by atoms with Crippen molar-refractivity contribution in [3.8, 4) is 0 Å². The van der Waals surface area contributed by atoms with Crippen molar-refractivity contribution in [2.24, 2.45) is 11.8 Å². The number of halogens is 1. The van der Waals surface area contributed by atoms with E-state index in [0.29, 0.717) is 29.4 Å². The molecule has 1 atom stereocenters. The maximum Gasteiger partial charge on any atom is 0.247 e. The Hall–Kier alpha value is -2.08. The van der Waals surface area contributed by atoms with E-state index in [1.54, 1.807) is 23.1 Å². The average Bonchev–Trinajstić information content (AvgIpc) is 3.12. The Kier molecular flexibility index (Phi) is 7.17. The summed E-state index contributed by atoms with van der Waals surface area (Å²) < 4.78 is 0. The molecule has 1 aromatic carbocycles. The summed E-state index contributed by atoms with van der Waals surface area (Å²) in [7, 11) is 0. The fourth-order valence-electron chi connectivity index (χ4n) is 4.10. The van der Waals surface area contributed by atoms with Crippen molar-refractivity contribution in [2.45, 2.75) is 64.8 Å². The molecule has 1 heterocycles. The van der Waals surface area contributed by atoms with Gasteiger partial charge in [0.25, 0.3) is 0 Å². The minimum absolute atomic E-state index is 0.00419. The summed E-state index contributed by atoms with van der Waals surface area (Å²) in [6.45, 7) is 4.49. The predicted molar refractivity (Wildman–Crippen MR) is 115 cm³/mol. The van der Waals surface area contributed by atoms with Gasteiger partial charge in [0.1, 0.15) is 6.04 Å². The van der Waals surface area contributed by atoms with Crippen LogP contribution in [0.5, 0.6) is 0 Å². The maximum atomic E-state index is 12.8. The highest BCUT2D eigenvalue weighted by atomic mass is 35.5. The first-order chi connectivity index (χ1) is 13.9. The molecule has 1 saturated heterocycles. The monoisotopic (exact) mass is 419 g/mol. The molecule has 0 bridgehead atoms. The van der Waals surface area contributed by atoms with Crippen molar-refractivity contribution in [3.63, 3.8) is 0 Å². The van der Waals surface area contributed by atoms with Gasteiger partial charge in [-0.3, -0.25) is 14.4 Å². The number of carbonyl (C=O) groups excluding carboxylic acids is 3. The summed E-state index contributed by atoms with van der Waals surface area (Å²) in [5, 5.41) is 6.23. The largest absolute Gasteiger partial charge is 0.344 e. The first-order valence-electron chi connectivity index (χ1n) is 10.6. The van der Waals surface area contributed by atoms with Gasteiger partial charge in [-0.05, 0) is 43.4 Å². The molecular weight excluding hydrogens is 390 g/mol. The lowest BCUT2D eigenvalue weighted by molar-refractivity contribution is -0.130. The van der Waals surface area contributed by atoms with Crippen LogP contribution in [0.15, 0.2) is 18.2 Å². The first kappa shape index (κ1) is 21.6. The van der Waals surface area contributed by atoms with Crippen molar-refractivity contribution in [1.29, 1.82) is 0 Å². The molecule has 7 heteroatoms. The highest BCUT2D eigenvalue weighted by Gasteiger charge is 2.29. The molecule has 1 aliphatic heterocycles. The Labute approximate surface area is 177 Å². The molecule has 0 aromatic heterocycles. The van der Waals surface area contributed by atoms with Crippen LogP contribution in [0.3, 0.4) is 0 Å². The van der Waals surface area contributed by atoms with Gasteiger partial charge in [0.2, 0.25) is 17.7 Å². The Morgan fingerprint density at radius 2 is 1.86 bits per heavy atom. The fourth-order valence-corrected chi connectivity index (χ4v) is 4.38. The van der Waals surface area contributed by atoms with Gasteiger partial charge in [0.15, 0.2) is 0 Å². The van der Waals surface area contributed by atoms with Gasteiger partial charge < -0.3 is 15.5 Å². The number of amides is 3. The molecule has 2 fully saturated rings. The number of hydrogen-bond acceptors (Lipinski definition) is 3. The Morgan fingerprint density at radius 3 is 2.45 bits per heavy atom. The van der Waals surface area contributed by atoms with E-state index in [1.807, 2.05) is 13.8 Å². The number of hydrogen-bond donors (Lipinski definition) is 2. The quantitative estimate of drug-likeness (QED) is 0.727. The van der Waals surface area contributed by atoms with Crippen LogP contribution in [-0.4, -0.2) is 30.3 Å². The second kappa shape index (κ2) is 9.61. The van der Waals surface area contributed by atoms with Gasteiger partial charge in [0, 0.05) is 24.6 Å². The second-order valence-electron chi connectivity index (χ2n) is 8.37. The Morgan fingerprint density at radius 1 is 1.14 bits per heavy atom. The third-order valence-electron chi connectivity index (χ3n) is 5.80. The molecule has 1 saturated carbocycles. The molecule has 3 amide bonds. The van der Waals surface area contributed by atoms with E-state index in [9.17, 15) is 14.4 Å². The summed E-state index contributed by atoms with van der Waals surface area (Å²) >= 11 is 6.37. The zero-order valence-corrected chi connectivity index (χ0v) is 17.9. The number of carbonyl (C=O) groups is 3. The predicted octanol–water partition coefficient (Wildman–Crippen LogP) is 4.13. The van der Waals surface area contributed by atoms with E-state index in [2.05, 4.69) is 10.6 Å². The Balaban J connectivity index is 1.65. The summed E-state index contributed by atoms with van der Waals surface area (Å²) in [5.41, 5.74) is 1.21. The molecule has 2 aliphatic rings. The van der Waals surface area contributed by atoms with Crippen LogP contribution in [-0.2, 0) is 14.4 Å². The molecule has 3 rings (SSSR count). The lowest BCUT2D eigenvalue weighted by Gasteiger charge is -2.26. The van der Waals surface area contributed by atoms with Gasteiger partial charge in [-0.2, -0.15) is 0 Å². The molecule has 0 radical (unpaired) electrons. The molecule has 6 nitrogen and oxygen atoms in total. The number of nitrogens with zero attached hydrogens (tertiary/aromatic N) is 1. The smallest absolute Gasteiger partial charge is 0.247 e. The molecular formula is C22H30ClN3O3. The molecule has 158 valence electrons. The fraction of sp³-hybridized carbons (Fsp3) is 0.591. The van der Waals surface area contributed by atoms with Gasteiger partial charge in [0.05, 0.1) is 10.7 Å². The SMILES string of the molecule is CC(C)C(NC(=O)C1CCCCC1)C(=O)Nc1ccc(N2CCCC2=O)c(Cl)c1. The molecule has 1 aliphatic carbocycles. The lowest BCUT2D eigenvalue weighted by Crippen LogP contribution is -2.49. The van der Waals surface area contributed by atoms with Gasteiger partial charge in [-0.25, -0.2) is 0 Å². The van der Waals surface area contributed by atoms with Crippen molar-refractivity contribution in [1.82, 2.24) is 5.32 Å². The topological polar surface area (TPSA) is 78.5 Å². The summed E-state index contributed by atoms with van der Waals surface area (Å²) in [5.74, 6) is -0.261. The van der Waals surface area contributed by atoms with Crippen LogP contribution >= 0.6 is 11.6 Å². The molecule has 0 spiro atoms. The van der Waals surface area contributed by atoms with Crippen LogP contribution < -0.4 is 15.5 Å². The lowest BCUT2D eigenvalue weighted by atomic mass is 9.88. The van der Waals surface area contributed by atoms with Gasteiger partial charge >= 0.3 is 0 Å². The number of anilines is 2. The van der Waals surface area contributed by atoms with E-state index >= 15 is 0 Å². The molecule has 1 aromatic rings. The zero-order chi connectivity index (χ0) is 21.0. The minimum Gasteiger partial charge on any atom is -0.344 e. The van der Waals surface area contributed by atoms with Crippen molar-refractivity contribution >= 4 is 40.7 Å².